The van der Waals surface area contributed by atoms with Crippen LogP contribution in [0.15, 0.2) is 0 Å². The van der Waals surface area contributed by atoms with E-state index >= 15 is 0 Å². The van der Waals surface area contributed by atoms with Crippen LogP contribution in [-0.4, -0.2) is 36.1 Å². The van der Waals surface area contributed by atoms with E-state index in [1.54, 1.807) is 0 Å². The van der Waals surface area contributed by atoms with E-state index in [0.29, 0.717) is 0 Å². The minimum atomic E-state index is 0.731. The lowest BCUT2D eigenvalue weighted by atomic mass is 9.77. The van der Waals surface area contributed by atoms with Crippen molar-refractivity contribution >= 4 is 0 Å². The molecule has 2 fully saturated rings. The number of rotatable bonds is 3. The predicted octanol–water partition coefficient (Wildman–Crippen LogP) is 3.52. The fourth-order valence-corrected chi connectivity index (χ4v) is 4.63. The first-order valence-corrected chi connectivity index (χ1v) is 8.52. The van der Waals surface area contributed by atoms with Crippen molar-refractivity contribution in [3.63, 3.8) is 0 Å². The van der Waals surface area contributed by atoms with Crippen LogP contribution in [0.1, 0.15) is 60.3 Å². The van der Waals surface area contributed by atoms with Gasteiger partial charge in [-0.15, -0.1) is 0 Å². The van der Waals surface area contributed by atoms with Crippen molar-refractivity contribution in [2.75, 3.05) is 13.1 Å². The van der Waals surface area contributed by atoms with Gasteiger partial charge in [-0.25, -0.2) is 0 Å². The standard InChI is InChI=1S/C17H34N2/c1-6-18-17-7-8-19(15(5)14(17)4)16-10-12(2)9-13(3)11-16/h12-18H,6-11H2,1-5H3. The molecule has 1 N–H and O–H groups in total. The molecule has 2 aliphatic rings. The Bertz CT molecular complexity index is 268. The van der Waals surface area contributed by atoms with Gasteiger partial charge in [-0.05, 0) is 56.9 Å². The summed E-state index contributed by atoms with van der Waals surface area (Å²) in [4.78, 5) is 2.84. The molecular formula is C17H34N2. The molecule has 1 saturated carbocycles. The van der Waals surface area contributed by atoms with Gasteiger partial charge in [0.15, 0.2) is 0 Å². The van der Waals surface area contributed by atoms with Crippen LogP contribution in [-0.2, 0) is 0 Å². The van der Waals surface area contributed by atoms with Crippen LogP contribution in [0, 0.1) is 17.8 Å². The maximum absolute atomic E-state index is 3.68. The summed E-state index contributed by atoms with van der Waals surface area (Å²) in [6.45, 7) is 14.4. The number of likely N-dealkylation sites (tertiary alicyclic amines) is 1. The molecule has 1 aliphatic carbocycles. The Labute approximate surface area is 120 Å². The molecule has 0 aromatic carbocycles. The Kier molecular flexibility index (Phi) is 5.30. The van der Waals surface area contributed by atoms with Crippen LogP contribution in [0.2, 0.25) is 0 Å². The van der Waals surface area contributed by atoms with E-state index in [1.807, 2.05) is 0 Å². The molecule has 5 unspecified atom stereocenters. The zero-order chi connectivity index (χ0) is 14.0. The third-order valence-electron chi connectivity index (χ3n) is 5.71. The van der Waals surface area contributed by atoms with E-state index < -0.39 is 0 Å². The lowest BCUT2D eigenvalue weighted by molar-refractivity contribution is 0.0148. The highest BCUT2D eigenvalue weighted by atomic mass is 15.2. The number of piperidine rings is 1. The van der Waals surface area contributed by atoms with Gasteiger partial charge in [-0.2, -0.15) is 0 Å². The molecule has 112 valence electrons. The largest absolute Gasteiger partial charge is 0.314 e. The fourth-order valence-electron chi connectivity index (χ4n) is 4.63. The Morgan fingerprint density at radius 3 is 2.21 bits per heavy atom. The highest BCUT2D eigenvalue weighted by Crippen LogP contribution is 2.35. The number of nitrogens with one attached hydrogen (secondary N) is 1. The van der Waals surface area contributed by atoms with Gasteiger partial charge in [0, 0.05) is 24.7 Å². The van der Waals surface area contributed by atoms with Gasteiger partial charge in [0.2, 0.25) is 0 Å². The normalized spacial score (nSPS) is 45.3. The summed E-state index contributed by atoms with van der Waals surface area (Å²) in [5.41, 5.74) is 0. The second-order valence-corrected chi connectivity index (χ2v) is 7.36. The maximum Gasteiger partial charge on any atom is 0.0120 e. The second kappa shape index (κ2) is 6.58. The molecule has 0 aromatic rings. The molecule has 19 heavy (non-hydrogen) atoms. The van der Waals surface area contributed by atoms with Gasteiger partial charge in [-0.1, -0.05) is 27.7 Å². The molecule has 0 radical (unpaired) electrons. The van der Waals surface area contributed by atoms with Crippen LogP contribution < -0.4 is 5.32 Å². The Morgan fingerprint density at radius 1 is 1.00 bits per heavy atom. The lowest BCUT2D eigenvalue weighted by Gasteiger charge is -2.49. The van der Waals surface area contributed by atoms with Gasteiger partial charge < -0.3 is 5.32 Å². The molecule has 1 heterocycles. The molecule has 2 nitrogen and oxygen atoms in total. The van der Waals surface area contributed by atoms with Crippen molar-refractivity contribution < 1.29 is 0 Å². The predicted molar refractivity (Wildman–Crippen MR) is 83.4 cm³/mol. The zero-order valence-electron chi connectivity index (χ0n) is 13.7. The van der Waals surface area contributed by atoms with Crippen molar-refractivity contribution in [2.24, 2.45) is 17.8 Å². The van der Waals surface area contributed by atoms with Gasteiger partial charge in [0.1, 0.15) is 0 Å². The van der Waals surface area contributed by atoms with E-state index in [1.165, 1.54) is 32.2 Å². The van der Waals surface area contributed by atoms with Gasteiger partial charge in [-0.3, -0.25) is 4.90 Å². The first kappa shape index (κ1) is 15.3. The van der Waals surface area contributed by atoms with E-state index in [-0.39, 0.29) is 0 Å². The van der Waals surface area contributed by atoms with Crippen molar-refractivity contribution in [3.05, 3.63) is 0 Å². The van der Waals surface area contributed by atoms with E-state index in [9.17, 15) is 0 Å². The monoisotopic (exact) mass is 266 g/mol. The SMILES string of the molecule is CCNC1CCN(C2CC(C)CC(C)C2)C(C)C1C. The Balaban J connectivity index is 1.97. The zero-order valence-corrected chi connectivity index (χ0v) is 13.7. The maximum atomic E-state index is 3.68. The van der Waals surface area contributed by atoms with Crippen molar-refractivity contribution in [3.8, 4) is 0 Å². The van der Waals surface area contributed by atoms with Crippen LogP contribution in [0.5, 0.6) is 0 Å². The summed E-state index contributed by atoms with van der Waals surface area (Å²) in [5, 5.41) is 3.68. The van der Waals surface area contributed by atoms with Gasteiger partial charge in [0.05, 0.1) is 0 Å². The average Bonchev–Trinajstić information content (AvgIpc) is 2.34. The molecular weight excluding hydrogens is 232 g/mol. The van der Waals surface area contributed by atoms with E-state index in [0.717, 1.165) is 42.4 Å². The van der Waals surface area contributed by atoms with Crippen molar-refractivity contribution in [2.45, 2.75) is 78.4 Å². The van der Waals surface area contributed by atoms with Crippen LogP contribution in [0.25, 0.3) is 0 Å². The minimum absolute atomic E-state index is 0.731. The van der Waals surface area contributed by atoms with Gasteiger partial charge >= 0.3 is 0 Å². The highest BCUT2D eigenvalue weighted by Gasteiger charge is 2.37. The molecule has 5 atom stereocenters. The number of nitrogens with zero attached hydrogens (tertiary/aromatic N) is 1. The topological polar surface area (TPSA) is 15.3 Å². The molecule has 0 bridgehead atoms. The average molecular weight is 266 g/mol. The Morgan fingerprint density at radius 2 is 1.63 bits per heavy atom. The summed E-state index contributed by atoms with van der Waals surface area (Å²) < 4.78 is 0. The third-order valence-corrected chi connectivity index (χ3v) is 5.71. The fraction of sp³-hybridized carbons (Fsp3) is 1.00. The lowest BCUT2D eigenvalue weighted by Crippen LogP contribution is -2.57. The summed E-state index contributed by atoms with van der Waals surface area (Å²) in [6, 6.07) is 2.31. The quantitative estimate of drug-likeness (QED) is 0.841. The molecule has 2 rings (SSSR count). The van der Waals surface area contributed by atoms with Crippen molar-refractivity contribution in [1.82, 2.24) is 10.2 Å². The first-order valence-electron chi connectivity index (χ1n) is 8.52. The van der Waals surface area contributed by atoms with E-state index in [4.69, 9.17) is 0 Å². The van der Waals surface area contributed by atoms with Gasteiger partial charge in [0.25, 0.3) is 0 Å². The molecule has 2 heteroatoms. The van der Waals surface area contributed by atoms with Crippen LogP contribution in [0.4, 0.5) is 0 Å². The van der Waals surface area contributed by atoms with Crippen LogP contribution >= 0.6 is 0 Å². The number of hydrogen-bond acceptors (Lipinski definition) is 2. The second-order valence-electron chi connectivity index (χ2n) is 7.36. The van der Waals surface area contributed by atoms with E-state index in [2.05, 4.69) is 44.8 Å². The molecule has 0 spiro atoms. The molecule has 0 aromatic heterocycles. The smallest absolute Gasteiger partial charge is 0.0120 e. The molecule has 1 aliphatic heterocycles. The first-order chi connectivity index (χ1) is 9.02. The third kappa shape index (κ3) is 3.52. The summed E-state index contributed by atoms with van der Waals surface area (Å²) in [5.74, 6) is 2.62. The highest BCUT2D eigenvalue weighted by molar-refractivity contribution is 4.93. The summed E-state index contributed by atoms with van der Waals surface area (Å²) in [6.07, 6.45) is 5.62. The van der Waals surface area contributed by atoms with Crippen molar-refractivity contribution in [1.29, 1.82) is 0 Å². The molecule has 1 saturated heterocycles. The summed E-state index contributed by atoms with van der Waals surface area (Å²) in [7, 11) is 0. The minimum Gasteiger partial charge on any atom is -0.314 e. The summed E-state index contributed by atoms with van der Waals surface area (Å²) >= 11 is 0. The Hall–Kier alpha value is -0.0800. The number of hydrogen-bond donors (Lipinski definition) is 1. The molecule has 0 amide bonds. The van der Waals surface area contributed by atoms with Crippen LogP contribution in [0.3, 0.4) is 0 Å².